The van der Waals surface area contributed by atoms with Gasteiger partial charge in [-0.3, -0.25) is 0 Å². The molecule has 0 aliphatic rings. The Bertz CT molecular complexity index is 1740. The Kier molecular flexibility index (Phi) is 6.39. The molecule has 0 aliphatic carbocycles. The third kappa shape index (κ3) is 4.89. The van der Waals surface area contributed by atoms with E-state index in [2.05, 4.69) is 10.2 Å². The fourth-order valence-corrected chi connectivity index (χ4v) is 4.54. The second kappa shape index (κ2) is 9.39. The van der Waals surface area contributed by atoms with Crippen molar-refractivity contribution < 1.29 is 44.3 Å². The van der Waals surface area contributed by atoms with Gasteiger partial charge in [0, 0.05) is 21.9 Å². The number of ether oxygens (including phenoxy) is 1. The van der Waals surface area contributed by atoms with E-state index < -0.39 is 52.4 Å². The van der Waals surface area contributed by atoms with E-state index >= 15 is 0 Å². The van der Waals surface area contributed by atoms with E-state index in [0.717, 1.165) is 5.39 Å². The molecule has 0 saturated heterocycles. The minimum absolute atomic E-state index is 0.0902. The van der Waals surface area contributed by atoms with Crippen LogP contribution in [0.5, 0.6) is 11.6 Å². The summed E-state index contributed by atoms with van der Waals surface area (Å²) in [5, 5.41) is 10.0. The summed E-state index contributed by atoms with van der Waals surface area (Å²) < 4.78 is 129. The van der Waals surface area contributed by atoms with Gasteiger partial charge in [-0.1, -0.05) is 54.6 Å². The number of nitrogens with zero attached hydrogens (tertiary/aromatic N) is 2. The third-order valence-electron chi connectivity index (χ3n) is 6.28. The Morgan fingerprint density at radius 1 is 0.600 bits per heavy atom. The number of halogens is 9. The van der Waals surface area contributed by atoms with Gasteiger partial charge in [-0.2, -0.15) is 39.5 Å². The summed E-state index contributed by atoms with van der Waals surface area (Å²) in [6.45, 7) is 0.608. The number of benzene rings is 4. The maximum Gasteiger partial charge on any atom is 0.417 e. The molecule has 0 amide bonds. The number of alkyl halides is 9. The zero-order valence-corrected chi connectivity index (χ0v) is 20.1. The van der Waals surface area contributed by atoms with Gasteiger partial charge in [-0.05, 0) is 35.9 Å². The molecule has 4 aromatic carbocycles. The van der Waals surface area contributed by atoms with E-state index in [9.17, 15) is 39.5 Å². The summed E-state index contributed by atoms with van der Waals surface area (Å²) >= 11 is 0. The van der Waals surface area contributed by atoms with E-state index in [4.69, 9.17) is 4.74 Å². The first-order valence-electron chi connectivity index (χ1n) is 11.5. The molecule has 0 aliphatic heterocycles. The number of aromatic nitrogens is 2. The van der Waals surface area contributed by atoms with Gasteiger partial charge < -0.3 is 4.74 Å². The molecule has 1 heterocycles. The molecule has 0 spiro atoms. The highest BCUT2D eigenvalue weighted by atomic mass is 19.4. The zero-order valence-electron chi connectivity index (χ0n) is 20.1. The van der Waals surface area contributed by atoms with E-state index in [1.807, 2.05) is 0 Å². The molecule has 0 N–H and O–H groups in total. The molecule has 0 fully saturated rings. The molecular weight excluding hydrogens is 551 g/mol. The maximum atomic E-state index is 13.8. The molecule has 3 nitrogen and oxygen atoms in total. The normalized spacial score (nSPS) is 12.8. The highest BCUT2D eigenvalue weighted by molar-refractivity contribution is 6.05. The van der Waals surface area contributed by atoms with E-state index in [0.29, 0.717) is 29.0 Å². The fraction of sp³-hybridized carbons (Fsp3) is 0.143. The topological polar surface area (TPSA) is 35.0 Å². The van der Waals surface area contributed by atoms with Gasteiger partial charge in [0.05, 0.1) is 16.7 Å². The molecule has 0 saturated carbocycles. The van der Waals surface area contributed by atoms with Crippen molar-refractivity contribution in [2.75, 3.05) is 0 Å². The van der Waals surface area contributed by atoms with E-state index in [1.54, 1.807) is 66.7 Å². The van der Waals surface area contributed by atoms with Gasteiger partial charge in [-0.25, -0.2) is 0 Å². The van der Waals surface area contributed by atoms with Crippen LogP contribution in [0.3, 0.4) is 0 Å². The van der Waals surface area contributed by atoms with Gasteiger partial charge in [-0.15, -0.1) is 10.2 Å². The molecular formula is C28H15F9N2O. The van der Waals surface area contributed by atoms with Crippen molar-refractivity contribution in [3.63, 3.8) is 0 Å². The first kappa shape index (κ1) is 27.2. The SMILES string of the molecule is Cc1c(Oc2nnc(-c3ccccc3)c3cc4ccccc4cc23)cc(C(F)(F)F)c(C(F)(F)F)c1C(F)(F)F. The van der Waals surface area contributed by atoms with Gasteiger partial charge in [0.25, 0.3) is 0 Å². The van der Waals surface area contributed by atoms with Crippen molar-refractivity contribution in [2.45, 2.75) is 25.5 Å². The van der Waals surface area contributed by atoms with Gasteiger partial charge in [0.1, 0.15) is 11.4 Å². The lowest BCUT2D eigenvalue weighted by Gasteiger charge is -2.24. The lowest BCUT2D eigenvalue weighted by atomic mass is 9.94. The summed E-state index contributed by atoms with van der Waals surface area (Å²) in [7, 11) is 0. The Morgan fingerprint density at radius 3 is 1.70 bits per heavy atom. The lowest BCUT2D eigenvalue weighted by molar-refractivity contribution is -0.175. The number of fused-ring (bicyclic) bond motifs is 2. The van der Waals surface area contributed by atoms with Crippen molar-refractivity contribution >= 4 is 21.5 Å². The molecule has 206 valence electrons. The number of hydrogen-bond acceptors (Lipinski definition) is 3. The van der Waals surface area contributed by atoms with Gasteiger partial charge in [0.15, 0.2) is 0 Å². The summed E-state index contributed by atoms with van der Waals surface area (Å²) in [6, 6.07) is 18.8. The molecule has 1 aromatic heterocycles. The molecule has 0 unspecified atom stereocenters. The van der Waals surface area contributed by atoms with Crippen LogP contribution < -0.4 is 4.74 Å². The standard InChI is InChI=1S/C28H15F9N2O/c1-14-21(13-20(26(29,30)31)23(28(35,36)37)22(14)27(32,33)34)40-25-19-12-17-10-6-5-9-16(17)11-18(19)24(38-39-25)15-7-3-2-4-8-15/h2-13H,1H3. The molecule has 5 rings (SSSR count). The Labute approximate surface area is 219 Å². The average Bonchev–Trinajstić information content (AvgIpc) is 2.87. The highest BCUT2D eigenvalue weighted by Crippen LogP contribution is 2.51. The van der Waals surface area contributed by atoms with Gasteiger partial charge >= 0.3 is 18.5 Å². The lowest BCUT2D eigenvalue weighted by Crippen LogP contribution is -2.24. The van der Waals surface area contributed by atoms with Crippen LogP contribution in [-0.4, -0.2) is 10.2 Å². The average molecular weight is 566 g/mol. The molecule has 40 heavy (non-hydrogen) atoms. The van der Waals surface area contributed by atoms with Crippen LogP contribution in [-0.2, 0) is 18.5 Å². The summed E-state index contributed by atoms with van der Waals surface area (Å²) in [6.07, 6.45) is -17.5. The van der Waals surface area contributed by atoms with Crippen LogP contribution in [0.1, 0.15) is 22.3 Å². The monoisotopic (exact) mass is 566 g/mol. The largest absolute Gasteiger partial charge is 0.437 e. The predicted molar refractivity (Wildman–Crippen MR) is 129 cm³/mol. The second-order valence-electron chi connectivity index (χ2n) is 8.86. The minimum Gasteiger partial charge on any atom is -0.437 e. The van der Waals surface area contributed by atoms with Crippen LogP contribution >= 0.6 is 0 Å². The van der Waals surface area contributed by atoms with E-state index in [1.165, 1.54) is 0 Å². The third-order valence-corrected chi connectivity index (χ3v) is 6.28. The van der Waals surface area contributed by atoms with Crippen LogP contribution in [0, 0.1) is 6.92 Å². The van der Waals surface area contributed by atoms with E-state index in [-0.39, 0.29) is 11.5 Å². The summed E-state index contributed by atoms with van der Waals surface area (Å²) in [4.78, 5) is 0. The van der Waals surface area contributed by atoms with Crippen LogP contribution in [0.25, 0.3) is 32.8 Å². The number of hydrogen-bond donors (Lipinski definition) is 0. The maximum absolute atomic E-state index is 13.8. The smallest absolute Gasteiger partial charge is 0.417 e. The fourth-order valence-electron chi connectivity index (χ4n) is 4.54. The van der Waals surface area contributed by atoms with Crippen molar-refractivity contribution in [3.05, 3.63) is 95.1 Å². The zero-order chi connectivity index (χ0) is 29.0. The van der Waals surface area contributed by atoms with Crippen molar-refractivity contribution in [1.29, 1.82) is 0 Å². The Balaban J connectivity index is 1.80. The predicted octanol–water partition coefficient (Wildman–Crippen LogP) is 9.61. The van der Waals surface area contributed by atoms with Gasteiger partial charge in [0.2, 0.25) is 5.88 Å². The molecule has 0 atom stereocenters. The van der Waals surface area contributed by atoms with Crippen molar-refractivity contribution in [2.24, 2.45) is 0 Å². The highest BCUT2D eigenvalue weighted by Gasteiger charge is 2.51. The van der Waals surface area contributed by atoms with Crippen LogP contribution in [0.15, 0.2) is 72.8 Å². The second-order valence-corrected chi connectivity index (χ2v) is 8.86. The molecule has 12 heteroatoms. The quantitative estimate of drug-likeness (QED) is 0.161. The van der Waals surface area contributed by atoms with Crippen molar-refractivity contribution in [3.8, 4) is 22.9 Å². The minimum atomic E-state index is -5.96. The molecule has 0 radical (unpaired) electrons. The first-order chi connectivity index (χ1) is 18.7. The molecule has 5 aromatic rings. The Hall–Kier alpha value is -4.35. The number of rotatable bonds is 3. The Morgan fingerprint density at radius 2 is 1.15 bits per heavy atom. The summed E-state index contributed by atoms with van der Waals surface area (Å²) in [5.74, 6) is -1.58. The summed E-state index contributed by atoms with van der Waals surface area (Å²) in [5.41, 5.74) is -8.07. The van der Waals surface area contributed by atoms with Crippen molar-refractivity contribution in [1.82, 2.24) is 10.2 Å². The van der Waals surface area contributed by atoms with Crippen LogP contribution in [0.4, 0.5) is 39.5 Å². The van der Waals surface area contributed by atoms with Crippen LogP contribution in [0.2, 0.25) is 0 Å². The molecule has 0 bridgehead atoms. The first-order valence-corrected chi connectivity index (χ1v) is 11.5.